The third-order valence-electron chi connectivity index (χ3n) is 7.02. The van der Waals surface area contributed by atoms with Crippen molar-refractivity contribution < 1.29 is 37.7 Å². The molecular weight excluding hydrogens is 586 g/mol. The number of rotatable bonds is 8. The third kappa shape index (κ3) is 6.90. The minimum Gasteiger partial charge on any atom is -0.480 e. The number of hydrogen-bond acceptors (Lipinski definition) is 7. The molecule has 0 saturated carbocycles. The second kappa shape index (κ2) is 12.6. The summed E-state index contributed by atoms with van der Waals surface area (Å²) in [6, 6.07) is 4.65. The van der Waals surface area contributed by atoms with Crippen LogP contribution in [0.1, 0.15) is 56.5 Å². The van der Waals surface area contributed by atoms with Gasteiger partial charge in [0.2, 0.25) is 0 Å². The molecule has 4 rings (SSSR count). The number of carbonyl (C=O) groups excluding carboxylic acids is 2. The molecule has 0 aromatic heterocycles. The Bertz CT molecular complexity index is 1470. The van der Waals surface area contributed by atoms with E-state index in [-0.39, 0.29) is 24.8 Å². The van der Waals surface area contributed by atoms with Gasteiger partial charge in [-0.3, -0.25) is 9.80 Å². The molecule has 43 heavy (non-hydrogen) atoms. The lowest BCUT2D eigenvalue weighted by molar-refractivity contribution is -0.141. The Morgan fingerprint density at radius 2 is 1.81 bits per heavy atom. The van der Waals surface area contributed by atoms with Gasteiger partial charge in [-0.05, 0) is 64.8 Å². The predicted molar refractivity (Wildman–Crippen MR) is 156 cm³/mol. The molecule has 2 aliphatic rings. The molecule has 2 heterocycles. The maximum Gasteiger partial charge on any atom is 0.410 e. The smallest absolute Gasteiger partial charge is 0.410 e. The fourth-order valence-electron chi connectivity index (χ4n) is 4.99. The lowest BCUT2D eigenvalue weighted by Gasteiger charge is -2.44. The molecular formula is C30H33ClF2N4O6. The van der Waals surface area contributed by atoms with Crippen LogP contribution in [0.3, 0.4) is 0 Å². The molecule has 0 aliphatic carbocycles. The Balaban J connectivity index is 1.58. The number of hydrogen-bond donors (Lipinski definition) is 1. The first kappa shape index (κ1) is 31.7. The number of hydrazone groups is 1. The van der Waals surface area contributed by atoms with Gasteiger partial charge in [0.25, 0.3) is 5.91 Å². The molecule has 1 unspecified atom stereocenters. The summed E-state index contributed by atoms with van der Waals surface area (Å²) in [5.74, 6) is -4.59. The molecule has 2 aromatic rings. The molecule has 2 aliphatic heterocycles. The minimum absolute atomic E-state index is 0.109. The lowest BCUT2D eigenvalue weighted by Crippen LogP contribution is -2.60. The topological polar surface area (TPSA) is 112 Å². The van der Waals surface area contributed by atoms with E-state index in [1.54, 1.807) is 44.8 Å². The standard InChI is InChI=1S/C30H33ClF2N4O6/c1-6-23(37(34-5)18-15-35(16-18)29(41)43-30(2,3)4)20-12-17(31)9-10-25(20)42-26-14-21(32)19(13-22(26)33)27(38)36-11-7-8-24(36)28(39)40/h6,9-10,12-14,18,24H,5,7-8,11,15-16H2,1-4H3,(H,39,40)/b23-6-. The number of allylic oxidation sites excluding steroid dienone is 1. The molecule has 1 N–H and O–H groups in total. The predicted octanol–water partition coefficient (Wildman–Crippen LogP) is 6.00. The second-order valence-electron chi connectivity index (χ2n) is 11.2. The molecule has 0 bridgehead atoms. The van der Waals surface area contributed by atoms with Gasteiger partial charge in [0.1, 0.15) is 23.2 Å². The first-order valence-electron chi connectivity index (χ1n) is 13.6. The van der Waals surface area contributed by atoms with Gasteiger partial charge in [0.15, 0.2) is 11.6 Å². The van der Waals surface area contributed by atoms with Crippen LogP contribution in [0.25, 0.3) is 5.70 Å². The molecule has 2 aromatic carbocycles. The van der Waals surface area contributed by atoms with Gasteiger partial charge >= 0.3 is 12.1 Å². The van der Waals surface area contributed by atoms with Crippen molar-refractivity contribution in [1.29, 1.82) is 0 Å². The van der Waals surface area contributed by atoms with Crippen molar-refractivity contribution in [2.75, 3.05) is 19.6 Å². The van der Waals surface area contributed by atoms with Crippen LogP contribution in [0.15, 0.2) is 41.5 Å². The van der Waals surface area contributed by atoms with Crippen LogP contribution < -0.4 is 4.74 Å². The van der Waals surface area contributed by atoms with Crippen LogP contribution in [0.4, 0.5) is 13.6 Å². The van der Waals surface area contributed by atoms with Crippen molar-refractivity contribution >= 4 is 42.0 Å². The number of amides is 2. The number of ether oxygens (including phenoxy) is 2. The average molecular weight is 619 g/mol. The highest BCUT2D eigenvalue weighted by Crippen LogP contribution is 2.38. The zero-order chi connectivity index (χ0) is 31.6. The summed E-state index contributed by atoms with van der Waals surface area (Å²) in [5.41, 5.74) is -0.359. The Hall–Kier alpha value is -4.19. The molecule has 2 fully saturated rings. The van der Waals surface area contributed by atoms with E-state index in [0.29, 0.717) is 41.9 Å². The quantitative estimate of drug-likeness (QED) is 0.285. The normalized spacial score (nSPS) is 17.4. The fourth-order valence-corrected chi connectivity index (χ4v) is 5.16. The summed E-state index contributed by atoms with van der Waals surface area (Å²) < 4.78 is 41.6. The zero-order valence-electron chi connectivity index (χ0n) is 24.3. The molecule has 2 saturated heterocycles. The van der Waals surface area contributed by atoms with Crippen LogP contribution in [-0.2, 0) is 9.53 Å². The lowest BCUT2D eigenvalue weighted by atomic mass is 10.0. The Kier molecular flexibility index (Phi) is 9.29. The van der Waals surface area contributed by atoms with Crippen LogP contribution in [0, 0.1) is 11.6 Å². The Labute approximate surface area is 253 Å². The summed E-state index contributed by atoms with van der Waals surface area (Å²) in [7, 11) is 0. The first-order valence-corrected chi connectivity index (χ1v) is 14.0. The molecule has 0 spiro atoms. The summed E-state index contributed by atoms with van der Waals surface area (Å²) in [6.07, 6.45) is 1.94. The summed E-state index contributed by atoms with van der Waals surface area (Å²) in [6.45, 7) is 11.5. The fraction of sp³-hybridized carbons (Fsp3) is 0.400. The van der Waals surface area contributed by atoms with E-state index < -0.39 is 52.6 Å². The van der Waals surface area contributed by atoms with E-state index in [9.17, 15) is 19.5 Å². The number of nitrogens with zero attached hydrogens (tertiary/aromatic N) is 4. The highest BCUT2D eigenvalue weighted by atomic mass is 35.5. The monoisotopic (exact) mass is 618 g/mol. The minimum atomic E-state index is -1.20. The van der Waals surface area contributed by atoms with Crippen molar-refractivity contribution in [2.45, 2.75) is 58.2 Å². The van der Waals surface area contributed by atoms with Crippen LogP contribution in [0.2, 0.25) is 5.02 Å². The van der Waals surface area contributed by atoms with Gasteiger partial charge in [-0.1, -0.05) is 17.7 Å². The van der Waals surface area contributed by atoms with Gasteiger partial charge in [0, 0.05) is 43.0 Å². The molecule has 0 radical (unpaired) electrons. The maximum absolute atomic E-state index is 15.3. The molecule has 10 nitrogen and oxygen atoms in total. The molecule has 13 heteroatoms. The summed E-state index contributed by atoms with van der Waals surface area (Å²) in [4.78, 5) is 39.4. The van der Waals surface area contributed by atoms with Crippen LogP contribution in [0.5, 0.6) is 11.5 Å². The third-order valence-corrected chi connectivity index (χ3v) is 7.26. The number of carboxylic acid groups (broad SMARTS) is 1. The van der Waals surface area contributed by atoms with E-state index in [1.165, 1.54) is 17.0 Å². The van der Waals surface area contributed by atoms with Crippen LogP contribution >= 0.6 is 11.6 Å². The maximum atomic E-state index is 15.3. The Morgan fingerprint density at radius 3 is 2.42 bits per heavy atom. The SMILES string of the molecule is C=NN(/C(=C\C)c1cc(Cl)ccc1Oc1cc(F)c(C(=O)N2CCCC2C(=O)O)cc1F)C1CN(C(=O)OC(C)(C)C)C1. The van der Waals surface area contributed by atoms with Gasteiger partial charge in [-0.25, -0.2) is 18.4 Å². The number of carbonyl (C=O) groups is 3. The number of halogens is 3. The van der Waals surface area contributed by atoms with E-state index in [0.717, 1.165) is 11.0 Å². The number of benzene rings is 2. The molecule has 1 atom stereocenters. The van der Waals surface area contributed by atoms with Crippen molar-refractivity contribution in [3.63, 3.8) is 0 Å². The summed E-state index contributed by atoms with van der Waals surface area (Å²) >= 11 is 6.30. The van der Waals surface area contributed by atoms with E-state index in [4.69, 9.17) is 21.1 Å². The number of carboxylic acids is 1. The van der Waals surface area contributed by atoms with Gasteiger partial charge in [-0.2, -0.15) is 5.10 Å². The molecule has 230 valence electrons. The number of likely N-dealkylation sites (tertiary alicyclic amines) is 2. The Morgan fingerprint density at radius 1 is 1.12 bits per heavy atom. The highest BCUT2D eigenvalue weighted by molar-refractivity contribution is 6.30. The van der Waals surface area contributed by atoms with Crippen molar-refractivity contribution in [1.82, 2.24) is 14.8 Å². The van der Waals surface area contributed by atoms with E-state index in [1.807, 2.05) is 0 Å². The van der Waals surface area contributed by atoms with Gasteiger partial charge in [-0.15, -0.1) is 0 Å². The van der Waals surface area contributed by atoms with Gasteiger partial charge < -0.3 is 24.4 Å². The van der Waals surface area contributed by atoms with Crippen molar-refractivity contribution in [3.8, 4) is 11.5 Å². The number of aliphatic carboxylic acids is 1. The zero-order valence-corrected chi connectivity index (χ0v) is 25.0. The first-order chi connectivity index (χ1) is 20.2. The van der Waals surface area contributed by atoms with Gasteiger partial charge in [0.05, 0.1) is 17.3 Å². The van der Waals surface area contributed by atoms with Crippen molar-refractivity contribution in [2.24, 2.45) is 5.10 Å². The largest absolute Gasteiger partial charge is 0.480 e. The summed E-state index contributed by atoms with van der Waals surface area (Å²) in [5, 5.41) is 15.4. The second-order valence-corrected chi connectivity index (χ2v) is 11.6. The van der Waals surface area contributed by atoms with E-state index >= 15 is 8.78 Å². The van der Waals surface area contributed by atoms with E-state index in [2.05, 4.69) is 11.8 Å². The average Bonchev–Trinajstić information content (AvgIpc) is 3.39. The van der Waals surface area contributed by atoms with Crippen LogP contribution in [-0.4, -0.2) is 81.9 Å². The molecule has 2 amide bonds. The van der Waals surface area contributed by atoms with Crippen molar-refractivity contribution in [3.05, 3.63) is 64.2 Å². The highest BCUT2D eigenvalue weighted by Gasteiger charge is 2.39.